The molecule has 1 saturated heterocycles. The summed E-state index contributed by atoms with van der Waals surface area (Å²) in [7, 11) is 0. The lowest BCUT2D eigenvalue weighted by atomic mass is 9.82. The summed E-state index contributed by atoms with van der Waals surface area (Å²) >= 11 is 0. The van der Waals surface area contributed by atoms with Crippen LogP contribution < -0.4 is 10.6 Å². The second kappa shape index (κ2) is 8.44. The molecular formula is C23H24F4N6O. The number of carbonyl (C=O) groups excluding carboxylic acids is 1. The zero-order chi connectivity index (χ0) is 26.5. The van der Waals surface area contributed by atoms with Crippen molar-refractivity contribution >= 4 is 17.5 Å². The number of nitrogens with one attached hydrogen (secondary N) is 2. The number of urea groups is 1. The van der Waals surface area contributed by atoms with Crippen LogP contribution in [0.3, 0.4) is 0 Å². The fraction of sp³-hybridized carbons (Fsp3) is 0.435. The number of carbonyl (C=O) groups is 1. The van der Waals surface area contributed by atoms with E-state index in [0.717, 1.165) is 35.4 Å². The van der Waals surface area contributed by atoms with Gasteiger partial charge in [-0.3, -0.25) is 0 Å². The van der Waals surface area contributed by atoms with E-state index in [2.05, 4.69) is 15.4 Å². The Hall–Kier alpha value is -3.37. The number of hydrogen-bond donors (Lipinski definition) is 2. The monoisotopic (exact) mass is 479 g/mol. The van der Waals surface area contributed by atoms with Crippen molar-refractivity contribution in [1.29, 1.82) is 0 Å². The fourth-order valence-corrected chi connectivity index (χ4v) is 4.52. The summed E-state index contributed by atoms with van der Waals surface area (Å²) in [6, 6.07) is 6.99. The van der Waals surface area contributed by atoms with Gasteiger partial charge in [-0.1, -0.05) is 18.6 Å². The van der Waals surface area contributed by atoms with Crippen molar-refractivity contribution in [3.8, 4) is 0 Å². The van der Waals surface area contributed by atoms with Gasteiger partial charge < -0.3 is 15.5 Å². The standard InChI is InChI=1S/C23H24F4N6O/c1-28-22(34)32-12-16(13-5-7-15(24)8-6-13)18(32)11-29-20-9-17(14-3-2-4-14)30-21-10-19(23(25,26)27)31-33(20)21/h5-10,14,16,18,29H,2-4,11-12H2,1H3,(H,28,34)/i1D3. The van der Waals surface area contributed by atoms with E-state index < -0.39 is 36.7 Å². The summed E-state index contributed by atoms with van der Waals surface area (Å²) in [5, 5.41) is 8.78. The second-order valence-electron chi connectivity index (χ2n) is 8.68. The summed E-state index contributed by atoms with van der Waals surface area (Å²) in [6.45, 7) is -2.41. The molecule has 2 aliphatic rings. The van der Waals surface area contributed by atoms with Crippen LogP contribution in [0.5, 0.6) is 0 Å². The lowest BCUT2D eigenvalue weighted by molar-refractivity contribution is -0.141. The van der Waals surface area contributed by atoms with Gasteiger partial charge >= 0.3 is 12.2 Å². The molecule has 2 fully saturated rings. The molecule has 3 heterocycles. The molecule has 3 aromatic rings. The van der Waals surface area contributed by atoms with Gasteiger partial charge in [0.1, 0.15) is 11.6 Å². The number of amides is 2. The molecule has 2 N–H and O–H groups in total. The molecule has 1 aliphatic carbocycles. The van der Waals surface area contributed by atoms with Crippen LogP contribution in [-0.2, 0) is 6.18 Å². The molecule has 2 unspecified atom stereocenters. The molecule has 2 amide bonds. The van der Waals surface area contributed by atoms with Crippen molar-refractivity contribution in [3.63, 3.8) is 0 Å². The van der Waals surface area contributed by atoms with Gasteiger partial charge in [0.15, 0.2) is 11.3 Å². The fourth-order valence-electron chi connectivity index (χ4n) is 4.52. The van der Waals surface area contributed by atoms with Gasteiger partial charge in [0.25, 0.3) is 0 Å². The molecule has 34 heavy (non-hydrogen) atoms. The first-order valence-corrected chi connectivity index (χ1v) is 10.9. The smallest absolute Gasteiger partial charge is 0.368 e. The molecule has 1 aromatic carbocycles. The first-order chi connectivity index (χ1) is 17.4. The van der Waals surface area contributed by atoms with Crippen LogP contribution in [0.2, 0.25) is 0 Å². The zero-order valence-electron chi connectivity index (χ0n) is 20.9. The molecule has 0 spiro atoms. The number of hydrogen-bond acceptors (Lipinski definition) is 4. The number of rotatable bonds is 5. The molecule has 11 heteroatoms. The highest BCUT2D eigenvalue weighted by Crippen LogP contribution is 2.38. The first-order valence-electron chi connectivity index (χ1n) is 12.4. The van der Waals surface area contributed by atoms with E-state index in [1.54, 1.807) is 18.2 Å². The van der Waals surface area contributed by atoms with Crippen LogP contribution in [0.4, 0.5) is 28.2 Å². The number of likely N-dealkylation sites (tertiary alicyclic amines) is 1. The maximum atomic E-state index is 13.5. The van der Waals surface area contributed by atoms with E-state index in [9.17, 15) is 22.4 Å². The number of benzene rings is 1. The number of aromatic nitrogens is 3. The van der Waals surface area contributed by atoms with Gasteiger partial charge in [-0.05, 0) is 30.5 Å². The van der Waals surface area contributed by atoms with E-state index in [0.29, 0.717) is 5.69 Å². The highest BCUT2D eigenvalue weighted by molar-refractivity contribution is 5.76. The normalized spacial score (nSPS) is 22.4. The summed E-state index contributed by atoms with van der Waals surface area (Å²) in [5.74, 6) is -0.241. The van der Waals surface area contributed by atoms with Gasteiger partial charge in [0, 0.05) is 53.8 Å². The minimum Gasteiger partial charge on any atom is -0.368 e. The lowest BCUT2D eigenvalue weighted by Crippen LogP contribution is -2.61. The van der Waals surface area contributed by atoms with Crippen LogP contribution in [0.25, 0.3) is 5.65 Å². The Morgan fingerprint density at radius 1 is 1.24 bits per heavy atom. The zero-order valence-corrected chi connectivity index (χ0v) is 17.9. The summed E-state index contributed by atoms with van der Waals surface area (Å²) < 4.78 is 76.6. The van der Waals surface area contributed by atoms with Gasteiger partial charge in [0.05, 0.1) is 6.04 Å². The van der Waals surface area contributed by atoms with Crippen LogP contribution >= 0.6 is 0 Å². The molecule has 2 atom stereocenters. The Morgan fingerprint density at radius 3 is 2.65 bits per heavy atom. The topological polar surface area (TPSA) is 74.6 Å². The Kier molecular flexibility index (Phi) is 4.72. The predicted octanol–water partition coefficient (Wildman–Crippen LogP) is 4.37. The largest absolute Gasteiger partial charge is 0.435 e. The lowest BCUT2D eigenvalue weighted by Gasteiger charge is -2.48. The average molecular weight is 479 g/mol. The molecule has 1 aliphatic heterocycles. The van der Waals surface area contributed by atoms with Gasteiger partial charge in [-0.15, -0.1) is 0 Å². The van der Waals surface area contributed by atoms with Gasteiger partial charge in [0.2, 0.25) is 0 Å². The quantitative estimate of drug-likeness (QED) is 0.533. The predicted molar refractivity (Wildman–Crippen MR) is 117 cm³/mol. The van der Waals surface area contributed by atoms with Crippen molar-refractivity contribution in [1.82, 2.24) is 24.8 Å². The molecule has 180 valence electrons. The molecule has 2 aromatic heterocycles. The average Bonchev–Trinajstić information content (AvgIpc) is 3.17. The third-order valence-electron chi connectivity index (χ3n) is 6.68. The molecule has 1 saturated carbocycles. The second-order valence-corrected chi connectivity index (χ2v) is 8.68. The van der Waals surface area contributed by atoms with E-state index in [1.807, 2.05) is 5.32 Å². The SMILES string of the molecule is [2H]C([2H])([2H])NC(=O)N1CC(c2ccc(F)cc2)C1CNc1cc(C2CCC2)nc2cc(C(F)(F)F)nn12. The molecule has 0 bridgehead atoms. The van der Waals surface area contributed by atoms with E-state index in [-0.39, 0.29) is 36.4 Å². The van der Waals surface area contributed by atoms with Gasteiger partial charge in [-0.25, -0.2) is 14.2 Å². The van der Waals surface area contributed by atoms with Crippen molar-refractivity contribution < 1.29 is 26.5 Å². The van der Waals surface area contributed by atoms with Crippen LogP contribution in [-0.4, -0.2) is 51.6 Å². The minimum atomic E-state index is -4.65. The summed E-state index contributed by atoms with van der Waals surface area (Å²) in [4.78, 5) is 18.4. The van der Waals surface area contributed by atoms with E-state index in [4.69, 9.17) is 4.11 Å². The van der Waals surface area contributed by atoms with E-state index in [1.165, 1.54) is 17.0 Å². The van der Waals surface area contributed by atoms with Crippen molar-refractivity contribution in [2.24, 2.45) is 0 Å². The minimum absolute atomic E-state index is 0.0555. The summed E-state index contributed by atoms with van der Waals surface area (Å²) in [5.41, 5.74) is 0.399. The molecule has 7 nitrogen and oxygen atoms in total. The number of fused-ring (bicyclic) bond motifs is 1. The maximum absolute atomic E-state index is 13.5. The van der Waals surface area contributed by atoms with Crippen molar-refractivity contribution in [2.45, 2.75) is 43.3 Å². The summed E-state index contributed by atoms with van der Waals surface area (Å²) in [6.07, 6.45) is -1.85. The van der Waals surface area contributed by atoms with Crippen LogP contribution in [0.15, 0.2) is 36.4 Å². The number of anilines is 1. The van der Waals surface area contributed by atoms with Gasteiger partial charge in [-0.2, -0.15) is 22.8 Å². The Morgan fingerprint density at radius 2 is 2.00 bits per heavy atom. The number of halogens is 4. The highest BCUT2D eigenvalue weighted by atomic mass is 19.4. The first kappa shape index (κ1) is 19.0. The number of nitrogens with zero attached hydrogens (tertiary/aromatic N) is 4. The third kappa shape index (κ3) is 4.03. The Balaban J connectivity index is 1.44. The highest BCUT2D eigenvalue weighted by Gasteiger charge is 2.42. The van der Waals surface area contributed by atoms with Crippen LogP contribution in [0, 0.1) is 5.82 Å². The number of alkyl halides is 3. The molecular weight excluding hydrogens is 452 g/mol. The third-order valence-corrected chi connectivity index (χ3v) is 6.68. The molecule has 0 radical (unpaired) electrons. The van der Waals surface area contributed by atoms with Crippen LogP contribution in [0.1, 0.15) is 52.2 Å². The van der Waals surface area contributed by atoms with Crippen molar-refractivity contribution in [3.05, 3.63) is 59.2 Å². The Bertz CT molecular complexity index is 1310. The van der Waals surface area contributed by atoms with Crippen molar-refractivity contribution in [2.75, 3.05) is 25.4 Å². The maximum Gasteiger partial charge on any atom is 0.435 e. The van der Waals surface area contributed by atoms with E-state index >= 15 is 0 Å². The Labute approximate surface area is 197 Å². The molecule has 5 rings (SSSR count).